The fourth-order valence-electron chi connectivity index (χ4n) is 2.08. The molecule has 0 N–H and O–H groups in total. The Balaban J connectivity index is 2.40. The predicted molar refractivity (Wildman–Crippen MR) is 64.5 cm³/mol. The van der Waals surface area contributed by atoms with Crippen molar-refractivity contribution in [3.63, 3.8) is 0 Å². The normalized spacial score (nSPS) is 17.3. The molecular formula is C15H12. The van der Waals surface area contributed by atoms with Gasteiger partial charge in [-0.2, -0.15) is 0 Å². The molecule has 3 rings (SSSR count). The molecule has 0 nitrogen and oxygen atoms in total. The minimum absolute atomic E-state index is 1.04. The first-order valence-electron chi connectivity index (χ1n) is 5.27. The van der Waals surface area contributed by atoms with Gasteiger partial charge in [0.15, 0.2) is 0 Å². The topological polar surface area (TPSA) is 0 Å². The lowest BCUT2D eigenvalue weighted by Crippen LogP contribution is -2.22. The largest absolute Gasteiger partial charge is 0.0620 e. The van der Waals surface area contributed by atoms with E-state index in [1.54, 1.807) is 0 Å². The Hall–Kier alpha value is -1.82. The maximum absolute atomic E-state index is 2.28. The SMILES string of the molecule is C1=CC=C2C=c3ccccc3=CC(=C1)C2. The van der Waals surface area contributed by atoms with Gasteiger partial charge in [-0.3, -0.25) is 0 Å². The molecule has 0 aromatic heterocycles. The van der Waals surface area contributed by atoms with Crippen LogP contribution in [-0.2, 0) is 0 Å². The van der Waals surface area contributed by atoms with E-state index in [2.05, 4.69) is 60.7 Å². The highest BCUT2D eigenvalue weighted by Crippen LogP contribution is 2.17. The highest BCUT2D eigenvalue weighted by atomic mass is 14.1. The first-order chi connectivity index (χ1) is 7.42. The molecule has 2 aliphatic rings. The Morgan fingerprint density at radius 2 is 1.27 bits per heavy atom. The average molecular weight is 192 g/mol. The van der Waals surface area contributed by atoms with Crippen molar-refractivity contribution in [1.29, 1.82) is 0 Å². The molecule has 2 aliphatic carbocycles. The van der Waals surface area contributed by atoms with Gasteiger partial charge >= 0.3 is 0 Å². The molecule has 0 fully saturated rings. The van der Waals surface area contributed by atoms with Crippen LogP contribution in [0.3, 0.4) is 0 Å². The van der Waals surface area contributed by atoms with Crippen LogP contribution < -0.4 is 10.4 Å². The summed E-state index contributed by atoms with van der Waals surface area (Å²) in [6.45, 7) is 0. The van der Waals surface area contributed by atoms with Gasteiger partial charge in [-0.25, -0.2) is 0 Å². The van der Waals surface area contributed by atoms with Crippen LogP contribution in [0.5, 0.6) is 0 Å². The summed E-state index contributed by atoms with van der Waals surface area (Å²) < 4.78 is 0. The van der Waals surface area contributed by atoms with Crippen molar-refractivity contribution >= 4 is 12.2 Å². The Morgan fingerprint density at radius 1 is 0.733 bits per heavy atom. The Bertz CT molecular complexity index is 542. The molecular weight excluding hydrogens is 180 g/mol. The molecule has 72 valence electrons. The third kappa shape index (κ3) is 1.59. The van der Waals surface area contributed by atoms with E-state index in [-0.39, 0.29) is 0 Å². The summed E-state index contributed by atoms with van der Waals surface area (Å²) >= 11 is 0. The van der Waals surface area contributed by atoms with Gasteiger partial charge in [0.1, 0.15) is 0 Å². The molecule has 2 bridgehead atoms. The maximum atomic E-state index is 2.28. The van der Waals surface area contributed by atoms with Crippen LogP contribution in [0.15, 0.2) is 59.7 Å². The second-order valence-electron chi connectivity index (χ2n) is 3.96. The molecule has 1 aromatic rings. The summed E-state index contributed by atoms with van der Waals surface area (Å²) in [5.74, 6) is 0. The van der Waals surface area contributed by atoms with Gasteiger partial charge in [-0.1, -0.05) is 60.7 Å². The van der Waals surface area contributed by atoms with Gasteiger partial charge in [0.05, 0.1) is 0 Å². The second-order valence-corrected chi connectivity index (χ2v) is 3.96. The first kappa shape index (κ1) is 8.49. The molecule has 0 unspecified atom stereocenters. The summed E-state index contributed by atoms with van der Waals surface area (Å²) in [5.41, 5.74) is 2.77. The van der Waals surface area contributed by atoms with Crippen molar-refractivity contribution in [3.8, 4) is 0 Å². The van der Waals surface area contributed by atoms with Crippen molar-refractivity contribution in [2.24, 2.45) is 0 Å². The van der Waals surface area contributed by atoms with Crippen molar-refractivity contribution in [1.82, 2.24) is 0 Å². The molecule has 0 atom stereocenters. The molecule has 1 aromatic carbocycles. The zero-order chi connectivity index (χ0) is 10.1. The third-order valence-electron chi connectivity index (χ3n) is 2.82. The van der Waals surface area contributed by atoms with Crippen LogP contribution in [0.25, 0.3) is 12.2 Å². The molecule has 0 spiro atoms. The van der Waals surface area contributed by atoms with Crippen LogP contribution in [0.1, 0.15) is 6.42 Å². The first-order valence-corrected chi connectivity index (χ1v) is 5.27. The van der Waals surface area contributed by atoms with E-state index < -0.39 is 0 Å². The van der Waals surface area contributed by atoms with E-state index in [9.17, 15) is 0 Å². The van der Waals surface area contributed by atoms with Crippen LogP contribution in [0.4, 0.5) is 0 Å². The lowest BCUT2D eigenvalue weighted by Gasteiger charge is -1.97. The monoisotopic (exact) mass is 192 g/mol. The smallest absolute Gasteiger partial charge is 0.00253 e. The van der Waals surface area contributed by atoms with E-state index in [0.717, 1.165) is 6.42 Å². The van der Waals surface area contributed by atoms with Gasteiger partial charge in [-0.05, 0) is 28.0 Å². The lowest BCUT2D eigenvalue weighted by molar-refractivity contribution is 1.27. The quantitative estimate of drug-likeness (QED) is 0.590. The van der Waals surface area contributed by atoms with E-state index in [4.69, 9.17) is 0 Å². The summed E-state index contributed by atoms with van der Waals surface area (Å²) in [4.78, 5) is 0. The fourth-order valence-corrected chi connectivity index (χ4v) is 2.08. The number of rotatable bonds is 0. The zero-order valence-corrected chi connectivity index (χ0v) is 8.48. The van der Waals surface area contributed by atoms with Gasteiger partial charge in [0.25, 0.3) is 0 Å². The molecule has 0 amide bonds. The lowest BCUT2D eigenvalue weighted by atomic mass is 10.1. The fraction of sp³-hybridized carbons (Fsp3) is 0.0667. The van der Waals surface area contributed by atoms with Crippen molar-refractivity contribution < 1.29 is 0 Å². The highest BCUT2D eigenvalue weighted by molar-refractivity contribution is 5.62. The van der Waals surface area contributed by atoms with Crippen molar-refractivity contribution in [2.75, 3.05) is 0 Å². The van der Waals surface area contributed by atoms with E-state index in [1.807, 2.05) is 0 Å². The molecule has 0 saturated carbocycles. The second kappa shape index (κ2) is 3.39. The number of fused-ring (bicyclic) bond motifs is 3. The van der Waals surface area contributed by atoms with Crippen molar-refractivity contribution in [2.45, 2.75) is 6.42 Å². The Morgan fingerprint density at radius 3 is 1.80 bits per heavy atom. The minimum Gasteiger partial charge on any atom is -0.0620 e. The summed E-state index contributed by atoms with van der Waals surface area (Å²) in [5, 5.41) is 2.64. The van der Waals surface area contributed by atoms with Crippen molar-refractivity contribution in [3.05, 3.63) is 70.2 Å². The predicted octanol–water partition coefficient (Wildman–Crippen LogP) is 2.07. The van der Waals surface area contributed by atoms with E-state index in [0.29, 0.717) is 0 Å². The zero-order valence-electron chi connectivity index (χ0n) is 8.48. The maximum Gasteiger partial charge on any atom is -0.00253 e. The van der Waals surface area contributed by atoms with Crippen LogP contribution in [-0.4, -0.2) is 0 Å². The Labute approximate surface area is 89.3 Å². The van der Waals surface area contributed by atoms with Crippen LogP contribution in [0.2, 0.25) is 0 Å². The summed E-state index contributed by atoms with van der Waals surface area (Å²) in [7, 11) is 0. The van der Waals surface area contributed by atoms with Gasteiger partial charge < -0.3 is 0 Å². The molecule has 0 aliphatic heterocycles. The van der Waals surface area contributed by atoms with Gasteiger partial charge in [0.2, 0.25) is 0 Å². The van der Waals surface area contributed by atoms with E-state index in [1.165, 1.54) is 21.6 Å². The summed E-state index contributed by atoms with van der Waals surface area (Å²) in [6.07, 6.45) is 14.2. The van der Waals surface area contributed by atoms with Crippen LogP contribution >= 0.6 is 0 Å². The number of allylic oxidation sites excluding steroid dienone is 6. The van der Waals surface area contributed by atoms with Gasteiger partial charge in [0, 0.05) is 0 Å². The highest BCUT2D eigenvalue weighted by Gasteiger charge is 2.03. The molecule has 0 saturated heterocycles. The number of benzene rings is 1. The third-order valence-corrected chi connectivity index (χ3v) is 2.82. The summed E-state index contributed by atoms with van der Waals surface area (Å²) in [6, 6.07) is 8.54. The Kier molecular flexibility index (Phi) is 1.92. The minimum atomic E-state index is 1.04. The molecule has 0 heteroatoms. The van der Waals surface area contributed by atoms with Gasteiger partial charge in [-0.15, -0.1) is 0 Å². The van der Waals surface area contributed by atoms with Crippen LogP contribution in [0, 0.1) is 0 Å². The molecule has 0 radical (unpaired) electrons. The van der Waals surface area contributed by atoms with E-state index >= 15 is 0 Å². The molecule has 15 heavy (non-hydrogen) atoms. The average Bonchev–Trinajstić information content (AvgIpc) is 2.57. The number of hydrogen-bond acceptors (Lipinski definition) is 0. The number of hydrogen-bond donors (Lipinski definition) is 0. The standard InChI is InChI=1S/C15H12/c1-2-6-13-9-12(5-1)10-14-7-3-4-8-15(14)11-13/h1-8,10-11H,9H2. The molecule has 0 heterocycles.